The Kier molecular flexibility index (Phi) is 6.13. The standard InChI is InChI=1S/C22H25NO4S/c1-16-14-18(3)20(15-17(16)2)6-9-22(24)19-4-7-21(8-5-19)28(25,26)23-10-12-27-13-11-23/h4-9,14-15H,10-13H2,1-3H3/b9-6+. The quantitative estimate of drug-likeness (QED) is 0.570. The summed E-state index contributed by atoms with van der Waals surface area (Å²) in [5, 5.41) is 0. The van der Waals surface area contributed by atoms with E-state index in [2.05, 4.69) is 19.1 Å². The first-order valence-corrected chi connectivity index (χ1v) is 10.7. The molecule has 2 aromatic rings. The Bertz CT molecular complexity index is 1000. The Morgan fingerprint density at radius 1 is 0.964 bits per heavy atom. The van der Waals surface area contributed by atoms with E-state index in [4.69, 9.17) is 4.74 Å². The summed E-state index contributed by atoms with van der Waals surface area (Å²) in [6.45, 7) is 7.62. The van der Waals surface area contributed by atoms with Crippen molar-refractivity contribution in [1.82, 2.24) is 4.31 Å². The van der Waals surface area contributed by atoms with Crippen LogP contribution < -0.4 is 0 Å². The van der Waals surface area contributed by atoms with Gasteiger partial charge in [0.1, 0.15) is 0 Å². The molecule has 0 aromatic heterocycles. The van der Waals surface area contributed by atoms with Crippen LogP contribution in [0.5, 0.6) is 0 Å². The molecule has 0 bridgehead atoms. The van der Waals surface area contributed by atoms with Gasteiger partial charge < -0.3 is 4.74 Å². The van der Waals surface area contributed by atoms with Crippen molar-refractivity contribution < 1.29 is 17.9 Å². The highest BCUT2D eigenvalue weighted by Gasteiger charge is 2.26. The summed E-state index contributed by atoms with van der Waals surface area (Å²) in [7, 11) is -3.55. The summed E-state index contributed by atoms with van der Waals surface area (Å²) in [5.74, 6) is -0.159. The minimum atomic E-state index is -3.55. The first-order valence-electron chi connectivity index (χ1n) is 9.27. The molecule has 0 unspecified atom stereocenters. The number of sulfonamides is 1. The number of carbonyl (C=O) groups excluding carboxylic acids is 1. The molecule has 0 atom stereocenters. The lowest BCUT2D eigenvalue weighted by molar-refractivity contribution is 0.0730. The molecule has 0 radical (unpaired) electrons. The lowest BCUT2D eigenvalue weighted by atomic mass is 10.00. The van der Waals surface area contributed by atoms with Crippen LogP contribution in [0.15, 0.2) is 47.4 Å². The number of aryl methyl sites for hydroxylation is 3. The summed E-state index contributed by atoms with van der Waals surface area (Å²) in [6, 6.07) is 10.3. The first-order chi connectivity index (χ1) is 13.3. The summed E-state index contributed by atoms with van der Waals surface area (Å²) < 4.78 is 31.9. The molecule has 1 aliphatic rings. The molecule has 1 saturated heterocycles. The fraction of sp³-hybridized carbons (Fsp3) is 0.318. The van der Waals surface area contributed by atoms with E-state index in [1.165, 1.54) is 33.6 Å². The van der Waals surface area contributed by atoms with Crippen molar-refractivity contribution in [2.45, 2.75) is 25.7 Å². The second-order valence-electron chi connectivity index (χ2n) is 7.03. The van der Waals surface area contributed by atoms with Crippen LogP contribution >= 0.6 is 0 Å². The number of nitrogens with zero attached hydrogens (tertiary/aromatic N) is 1. The Morgan fingerprint density at radius 3 is 2.21 bits per heavy atom. The Labute approximate surface area is 166 Å². The highest BCUT2D eigenvalue weighted by Crippen LogP contribution is 2.19. The third-order valence-electron chi connectivity index (χ3n) is 5.04. The average Bonchev–Trinajstić information content (AvgIpc) is 2.70. The Balaban J connectivity index is 1.76. The summed E-state index contributed by atoms with van der Waals surface area (Å²) in [6.07, 6.45) is 3.34. The van der Waals surface area contributed by atoms with Gasteiger partial charge in [-0.05, 0) is 73.4 Å². The van der Waals surface area contributed by atoms with Crippen LogP contribution in [-0.4, -0.2) is 44.8 Å². The van der Waals surface area contributed by atoms with Crippen LogP contribution in [0, 0.1) is 20.8 Å². The molecule has 2 aromatic carbocycles. The number of rotatable bonds is 5. The Hall–Kier alpha value is -2.28. The van der Waals surface area contributed by atoms with Crippen LogP contribution in [0.1, 0.15) is 32.6 Å². The van der Waals surface area contributed by atoms with E-state index in [1.807, 2.05) is 19.9 Å². The summed E-state index contributed by atoms with van der Waals surface area (Å²) in [4.78, 5) is 12.7. The second-order valence-corrected chi connectivity index (χ2v) is 8.97. The van der Waals surface area contributed by atoms with E-state index >= 15 is 0 Å². The highest BCUT2D eigenvalue weighted by molar-refractivity contribution is 7.89. The number of allylic oxidation sites excluding steroid dienone is 1. The zero-order chi connectivity index (χ0) is 20.3. The zero-order valence-electron chi connectivity index (χ0n) is 16.4. The predicted octanol–water partition coefficient (Wildman–Crippen LogP) is 3.53. The molecule has 148 valence electrons. The van der Waals surface area contributed by atoms with Crippen molar-refractivity contribution in [2.75, 3.05) is 26.3 Å². The molecule has 1 heterocycles. The maximum absolute atomic E-state index is 12.6. The van der Waals surface area contributed by atoms with Gasteiger partial charge in [-0.1, -0.05) is 18.2 Å². The highest BCUT2D eigenvalue weighted by atomic mass is 32.2. The number of ether oxygens (including phenoxy) is 1. The van der Waals surface area contributed by atoms with E-state index in [0.717, 1.165) is 11.1 Å². The fourth-order valence-electron chi connectivity index (χ4n) is 3.15. The van der Waals surface area contributed by atoms with E-state index in [1.54, 1.807) is 12.1 Å². The second kappa shape index (κ2) is 8.39. The lowest BCUT2D eigenvalue weighted by Crippen LogP contribution is -2.40. The molecule has 5 nitrogen and oxygen atoms in total. The largest absolute Gasteiger partial charge is 0.379 e. The third-order valence-corrected chi connectivity index (χ3v) is 6.96. The van der Waals surface area contributed by atoms with Crippen molar-refractivity contribution in [3.8, 4) is 0 Å². The van der Waals surface area contributed by atoms with Gasteiger partial charge in [0.25, 0.3) is 0 Å². The minimum Gasteiger partial charge on any atom is -0.379 e. The molecule has 3 rings (SSSR count). The van der Waals surface area contributed by atoms with Gasteiger partial charge in [-0.3, -0.25) is 4.79 Å². The van der Waals surface area contributed by atoms with Crippen molar-refractivity contribution >= 4 is 21.9 Å². The smallest absolute Gasteiger partial charge is 0.243 e. The van der Waals surface area contributed by atoms with Gasteiger partial charge in [0.2, 0.25) is 10.0 Å². The van der Waals surface area contributed by atoms with E-state index in [0.29, 0.717) is 31.9 Å². The summed E-state index contributed by atoms with van der Waals surface area (Å²) in [5.41, 5.74) is 4.97. The Morgan fingerprint density at radius 2 is 1.57 bits per heavy atom. The maximum Gasteiger partial charge on any atom is 0.243 e. The van der Waals surface area contributed by atoms with Gasteiger partial charge >= 0.3 is 0 Å². The molecule has 0 aliphatic carbocycles. The van der Waals surface area contributed by atoms with Crippen LogP contribution in [0.3, 0.4) is 0 Å². The van der Waals surface area contributed by atoms with Gasteiger partial charge in [-0.15, -0.1) is 0 Å². The van der Waals surface area contributed by atoms with E-state index in [9.17, 15) is 13.2 Å². The van der Waals surface area contributed by atoms with Gasteiger partial charge in [0, 0.05) is 18.7 Å². The number of ketones is 1. The lowest BCUT2D eigenvalue weighted by Gasteiger charge is -2.26. The number of benzene rings is 2. The van der Waals surface area contributed by atoms with Crippen LogP contribution in [0.2, 0.25) is 0 Å². The van der Waals surface area contributed by atoms with Crippen LogP contribution in [0.25, 0.3) is 6.08 Å². The van der Waals surface area contributed by atoms with Crippen LogP contribution in [0.4, 0.5) is 0 Å². The molecule has 0 amide bonds. The molecule has 0 N–H and O–H groups in total. The fourth-order valence-corrected chi connectivity index (χ4v) is 4.56. The molecular weight excluding hydrogens is 374 g/mol. The average molecular weight is 400 g/mol. The molecule has 1 fully saturated rings. The minimum absolute atomic E-state index is 0.159. The molecule has 1 aliphatic heterocycles. The SMILES string of the molecule is Cc1cc(C)c(/C=C/C(=O)c2ccc(S(=O)(=O)N3CCOCC3)cc2)cc1C. The van der Waals surface area contributed by atoms with Gasteiger partial charge in [0.05, 0.1) is 18.1 Å². The van der Waals surface area contributed by atoms with Crippen molar-refractivity contribution in [1.29, 1.82) is 0 Å². The molecule has 28 heavy (non-hydrogen) atoms. The van der Waals surface area contributed by atoms with Gasteiger partial charge in [-0.25, -0.2) is 8.42 Å². The van der Waals surface area contributed by atoms with E-state index in [-0.39, 0.29) is 10.7 Å². The molecule has 0 saturated carbocycles. The predicted molar refractivity (Wildman–Crippen MR) is 110 cm³/mol. The topological polar surface area (TPSA) is 63.7 Å². The first kappa shape index (κ1) is 20.5. The third kappa shape index (κ3) is 4.41. The van der Waals surface area contributed by atoms with Gasteiger partial charge in [0.15, 0.2) is 5.78 Å². The number of hydrogen-bond donors (Lipinski definition) is 0. The van der Waals surface area contributed by atoms with Gasteiger partial charge in [-0.2, -0.15) is 4.31 Å². The zero-order valence-corrected chi connectivity index (χ0v) is 17.3. The number of morpholine rings is 1. The van der Waals surface area contributed by atoms with Crippen LogP contribution in [-0.2, 0) is 14.8 Å². The number of carbonyl (C=O) groups is 1. The molecular formula is C22H25NO4S. The van der Waals surface area contributed by atoms with Crippen molar-refractivity contribution in [3.63, 3.8) is 0 Å². The van der Waals surface area contributed by atoms with E-state index < -0.39 is 10.0 Å². The maximum atomic E-state index is 12.6. The molecule has 0 spiro atoms. The normalized spacial score (nSPS) is 15.8. The van der Waals surface area contributed by atoms with Crippen molar-refractivity contribution in [3.05, 3.63) is 70.3 Å². The summed E-state index contributed by atoms with van der Waals surface area (Å²) >= 11 is 0. The molecule has 6 heteroatoms. The number of hydrogen-bond acceptors (Lipinski definition) is 4. The monoisotopic (exact) mass is 399 g/mol. The van der Waals surface area contributed by atoms with Crippen molar-refractivity contribution in [2.24, 2.45) is 0 Å².